The smallest absolute Gasteiger partial charge is 0.126 e. The van der Waals surface area contributed by atoms with Crippen LogP contribution in [0.5, 0.6) is 5.75 Å². The molecule has 0 aliphatic carbocycles. The van der Waals surface area contributed by atoms with E-state index < -0.39 is 0 Å². The van der Waals surface area contributed by atoms with Gasteiger partial charge in [-0.1, -0.05) is 60.7 Å². The van der Waals surface area contributed by atoms with Crippen LogP contribution in [0.3, 0.4) is 0 Å². The predicted octanol–water partition coefficient (Wildman–Crippen LogP) is 4.98. The molecule has 0 saturated heterocycles. The molecule has 98 valence electrons. The SMILES string of the molecule is C(=C/Oc1ccccc1)/Cc1cccc2ccccc12. The maximum atomic E-state index is 5.56. The van der Waals surface area contributed by atoms with Gasteiger partial charge in [-0.25, -0.2) is 0 Å². The Kier molecular flexibility index (Phi) is 3.79. The fourth-order valence-corrected chi connectivity index (χ4v) is 2.27. The lowest BCUT2D eigenvalue weighted by Crippen LogP contribution is -1.86. The molecule has 3 rings (SSSR count). The van der Waals surface area contributed by atoms with Crippen LogP contribution in [0.25, 0.3) is 10.8 Å². The lowest BCUT2D eigenvalue weighted by Gasteiger charge is -2.04. The number of ether oxygens (including phenoxy) is 1. The number of rotatable bonds is 4. The highest BCUT2D eigenvalue weighted by molar-refractivity contribution is 5.85. The van der Waals surface area contributed by atoms with Gasteiger partial charge in [-0.15, -0.1) is 0 Å². The summed E-state index contributed by atoms with van der Waals surface area (Å²) in [5.74, 6) is 0.863. The monoisotopic (exact) mass is 260 g/mol. The van der Waals surface area contributed by atoms with Crippen LogP contribution >= 0.6 is 0 Å². The van der Waals surface area contributed by atoms with Gasteiger partial charge in [0.05, 0.1) is 6.26 Å². The van der Waals surface area contributed by atoms with Gasteiger partial charge in [0.1, 0.15) is 5.75 Å². The Morgan fingerprint density at radius 3 is 2.40 bits per heavy atom. The van der Waals surface area contributed by atoms with Gasteiger partial charge < -0.3 is 4.74 Å². The van der Waals surface area contributed by atoms with E-state index in [1.54, 1.807) is 6.26 Å². The van der Waals surface area contributed by atoms with Crippen LogP contribution in [0.15, 0.2) is 85.1 Å². The molecule has 0 aromatic heterocycles. The van der Waals surface area contributed by atoms with Crippen LogP contribution in [-0.2, 0) is 6.42 Å². The summed E-state index contributed by atoms with van der Waals surface area (Å²) in [7, 11) is 0. The quantitative estimate of drug-likeness (QED) is 0.601. The van der Waals surface area contributed by atoms with Gasteiger partial charge in [-0.3, -0.25) is 0 Å². The Morgan fingerprint density at radius 2 is 1.50 bits per heavy atom. The normalized spacial score (nSPS) is 11.0. The first-order valence-electron chi connectivity index (χ1n) is 6.77. The summed E-state index contributed by atoms with van der Waals surface area (Å²) in [6.07, 6.45) is 4.68. The molecule has 0 N–H and O–H groups in total. The van der Waals surface area contributed by atoms with E-state index >= 15 is 0 Å². The molecule has 0 heterocycles. The van der Waals surface area contributed by atoms with Crippen LogP contribution in [0.1, 0.15) is 5.56 Å². The van der Waals surface area contributed by atoms with Crippen molar-refractivity contribution in [1.82, 2.24) is 0 Å². The highest BCUT2D eigenvalue weighted by Gasteiger charge is 1.97. The molecule has 0 atom stereocenters. The molecule has 0 fully saturated rings. The highest BCUT2D eigenvalue weighted by atomic mass is 16.5. The first-order chi connectivity index (χ1) is 9.93. The largest absolute Gasteiger partial charge is 0.465 e. The lowest BCUT2D eigenvalue weighted by atomic mass is 10.0. The number of benzene rings is 3. The standard InChI is InChI=1S/C19H16O/c1-2-12-18(13-3-1)20-15-7-11-17-10-6-9-16-8-4-5-14-19(16)17/h1-10,12-15H,11H2/b15-7-. The Labute approximate surface area is 119 Å². The predicted molar refractivity (Wildman–Crippen MR) is 83.9 cm³/mol. The maximum absolute atomic E-state index is 5.56. The molecule has 3 aromatic carbocycles. The Hall–Kier alpha value is -2.54. The number of para-hydroxylation sites is 1. The summed E-state index contributed by atoms with van der Waals surface area (Å²) in [6.45, 7) is 0. The minimum absolute atomic E-state index is 0.863. The summed E-state index contributed by atoms with van der Waals surface area (Å²) in [5.41, 5.74) is 1.32. The van der Waals surface area contributed by atoms with E-state index in [0.29, 0.717) is 0 Å². The van der Waals surface area contributed by atoms with Crippen LogP contribution in [0.4, 0.5) is 0 Å². The second kappa shape index (κ2) is 6.07. The van der Waals surface area contributed by atoms with Gasteiger partial charge in [0, 0.05) is 0 Å². The van der Waals surface area contributed by atoms with E-state index in [4.69, 9.17) is 4.74 Å². The number of fused-ring (bicyclic) bond motifs is 1. The van der Waals surface area contributed by atoms with E-state index in [9.17, 15) is 0 Å². The van der Waals surface area contributed by atoms with E-state index in [2.05, 4.69) is 48.5 Å². The van der Waals surface area contributed by atoms with Crippen molar-refractivity contribution in [3.05, 3.63) is 90.7 Å². The summed E-state index contributed by atoms with van der Waals surface area (Å²) in [6, 6.07) is 24.7. The van der Waals surface area contributed by atoms with Gasteiger partial charge in [0.25, 0.3) is 0 Å². The molecule has 0 radical (unpaired) electrons. The zero-order valence-electron chi connectivity index (χ0n) is 11.2. The van der Waals surface area contributed by atoms with Gasteiger partial charge in [0.15, 0.2) is 0 Å². The van der Waals surface area contributed by atoms with E-state index in [1.807, 2.05) is 30.3 Å². The van der Waals surface area contributed by atoms with Crippen molar-refractivity contribution in [3.63, 3.8) is 0 Å². The number of allylic oxidation sites excluding steroid dienone is 1. The minimum atomic E-state index is 0.863. The fraction of sp³-hybridized carbons (Fsp3) is 0.0526. The third kappa shape index (κ3) is 2.89. The van der Waals surface area contributed by atoms with Crippen molar-refractivity contribution >= 4 is 10.8 Å². The molecule has 1 nitrogen and oxygen atoms in total. The van der Waals surface area contributed by atoms with Crippen LogP contribution < -0.4 is 4.74 Å². The molecule has 0 amide bonds. The van der Waals surface area contributed by atoms with Crippen molar-refractivity contribution in [3.8, 4) is 5.75 Å². The summed E-state index contributed by atoms with van der Waals surface area (Å²) in [4.78, 5) is 0. The molecule has 0 aliphatic heterocycles. The highest BCUT2D eigenvalue weighted by Crippen LogP contribution is 2.19. The topological polar surface area (TPSA) is 9.23 Å². The lowest BCUT2D eigenvalue weighted by molar-refractivity contribution is 0.479. The molecule has 20 heavy (non-hydrogen) atoms. The molecule has 0 unspecified atom stereocenters. The Morgan fingerprint density at radius 1 is 0.750 bits per heavy atom. The molecule has 0 aliphatic rings. The zero-order valence-corrected chi connectivity index (χ0v) is 11.2. The van der Waals surface area contributed by atoms with Gasteiger partial charge in [-0.05, 0) is 41.0 Å². The third-order valence-corrected chi connectivity index (χ3v) is 3.26. The molecular weight excluding hydrogens is 244 g/mol. The molecule has 0 bridgehead atoms. The first-order valence-corrected chi connectivity index (χ1v) is 6.77. The van der Waals surface area contributed by atoms with E-state index in [1.165, 1.54) is 16.3 Å². The molecule has 1 heteroatoms. The average molecular weight is 260 g/mol. The van der Waals surface area contributed by atoms with Crippen molar-refractivity contribution in [2.45, 2.75) is 6.42 Å². The van der Waals surface area contributed by atoms with Gasteiger partial charge in [0.2, 0.25) is 0 Å². The van der Waals surface area contributed by atoms with Crippen molar-refractivity contribution in [2.75, 3.05) is 0 Å². The van der Waals surface area contributed by atoms with Gasteiger partial charge >= 0.3 is 0 Å². The first kappa shape index (κ1) is 12.5. The summed E-state index contributed by atoms with van der Waals surface area (Å²) >= 11 is 0. The number of hydrogen-bond acceptors (Lipinski definition) is 1. The van der Waals surface area contributed by atoms with Crippen LogP contribution in [-0.4, -0.2) is 0 Å². The molecule has 0 saturated carbocycles. The Bertz CT molecular complexity index is 709. The van der Waals surface area contributed by atoms with E-state index in [0.717, 1.165) is 12.2 Å². The van der Waals surface area contributed by atoms with Crippen molar-refractivity contribution in [1.29, 1.82) is 0 Å². The Balaban J connectivity index is 1.71. The summed E-state index contributed by atoms with van der Waals surface area (Å²) < 4.78 is 5.56. The van der Waals surface area contributed by atoms with Crippen molar-refractivity contribution < 1.29 is 4.74 Å². The second-order valence-electron chi connectivity index (χ2n) is 4.65. The third-order valence-electron chi connectivity index (χ3n) is 3.26. The second-order valence-corrected chi connectivity index (χ2v) is 4.65. The molecule has 3 aromatic rings. The van der Waals surface area contributed by atoms with E-state index in [-0.39, 0.29) is 0 Å². The van der Waals surface area contributed by atoms with Crippen LogP contribution in [0, 0.1) is 0 Å². The minimum Gasteiger partial charge on any atom is -0.465 e. The van der Waals surface area contributed by atoms with Crippen molar-refractivity contribution in [2.24, 2.45) is 0 Å². The molecule has 0 spiro atoms. The van der Waals surface area contributed by atoms with Gasteiger partial charge in [-0.2, -0.15) is 0 Å². The number of hydrogen-bond donors (Lipinski definition) is 0. The zero-order chi connectivity index (χ0) is 13.6. The summed E-state index contributed by atoms with van der Waals surface area (Å²) in [5, 5.41) is 2.58. The average Bonchev–Trinajstić information content (AvgIpc) is 2.53. The fourth-order valence-electron chi connectivity index (χ4n) is 2.27. The maximum Gasteiger partial charge on any atom is 0.126 e. The molecular formula is C19H16O. The van der Waals surface area contributed by atoms with Crippen LogP contribution in [0.2, 0.25) is 0 Å².